The van der Waals surface area contributed by atoms with E-state index in [0.29, 0.717) is 0 Å². The fraction of sp³-hybridized carbons (Fsp3) is 0.0698. The first-order valence-corrected chi connectivity index (χ1v) is 31.6. The molecular weight excluding hydrogens is 1060 g/mol. The molecule has 2 aromatic heterocycles. The van der Waals surface area contributed by atoms with Gasteiger partial charge in [-0.1, -0.05) is 225 Å². The molecule has 2 nitrogen and oxygen atoms in total. The van der Waals surface area contributed by atoms with Crippen LogP contribution in [-0.2, 0) is 19.3 Å². The quantitative estimate of drug-likeness (QED) is 0.152. The van der Waals surface area contributed by atoms with Gasteiger partial charge in [0, 0.05) is 43.9 Å². The molecule has 0 amide bonds. The van der Waals surface area contributed by atoms with Crippen LogP contribution in [0.5, 0.6) is 0 Å². The summed E-state index contributed by atoms with van der Waals surface area (Å²) in [6.45, 7) is 0. The SMILES string of the molecule is C1=Cc2ccc(-c3cc(-c4ccc5c(c4)c4c6c(n(-c7ccc(-c8ccc9c%10c(cccc8%10)-c8ccccc8-9)cc7)c4c4ccc7ccccc7c54)C=CCC6)ccc3-n3c4ccccc4c4c5ccccc5c5c6c(ccc5c43)CCC=C6)cc2CC1. The molecule has 0 aliphatic heterocycles. The molecule has 410 valence electrons. The van der Waals surface area contributed by atoms with Crippen LogP contribution in [0.25, 0.3) is 183 Å². The molecular formula is C86H56N2. The van der Waals surface area contributed by atoms with Gasteiger partial charge in [0.05, 0.1) is 22.2 Å². The normalized spacial score (nSPS) is 14.0. The highest BCUT2D eigenvalue weighted by Gasteiger charge is 2.28. The number of nitrogens with zero attached hydrogens (tertiary/aromatic N) is 2. The van der Waals surface area contributed by atoms with Crippen molar-refractivity contribution >= 4 is 116 Å². The van der Waals surface area contributed by atoms with Gasteiger partial charge in [-0.15, -0.1) is 0 Å². The maximum atomic E-state index is 2.62. The van der Waals surface area contributed by atoms with E-state index in [1.165, 1.54) is 198 Å². The molecule has 4 aliphatic rings. The number of hydrogen-bond acceptors (Lipinski definition) is 0. The van der Waals surface area contributed by atoms with E-state index in [0.717, 1.165) is 38.5 Å². The molecule has 88 heavy (non-hydrogen) atoms. The van der Waals surface area contributed by atoms with Gasteiger partial charge in [-0.2, -0.15) is 0 Å². The zero-order chi connectivity index (χ0) is 57.3. The van der Waals surface area contributed by atoms with E-state index in [2.05, 4.69) is 276 Å². The second kappa shape index (κ2) is 18.4. The molecule has 0 fully saturated rings. The maximum absolute atomic E-state index is 2.62. The molecule has 14 aromatic carbocycles. The van der Waals surface area contributed by atoms with Crippen LogP contribution >= 0.6 is 0 Å². The minimum atomic E-state index is 0.975. The smallest absolute Gasteiger partial charge is 0.0626 e. The van der Waals surface area contributed by atoms with Crippen molar-refractivity contribution in [2.45, 2.75) is 38.5 Å². The lowest BCUT2D eigenvalue weighted by Gasteiger charge is -2.20. The summed E-state index contributed by atoms with van der Waals surface area (Å²) < 4.78 is 5.22. The predicted molar refractivity (Wildman–Crippen MR) is 375 cm³/mol. The number of aryl methyl sites for hydroxylation is 3. The lowest BCUT2D eigenvalue weighted by Crippen LogP contribution is -2.01. The van der Waals surface area contributed by atoms with Crippen molar-refractivity contribution in [3.05, 3.63) is 282 Å². The van der Waals surface area contributed by atoms with Crippen molar-refractivity contribution < 1.29 is 0 Å². The third-order valence-corrected chi connectivity index (χ3v) is 20.6. The third kappa shape index (κ3) is 6.72. The Morgan fingerprint density at radius 2 is 0.920 bits per heavy atom. The maximum Gasteiger partial charge on any atom is 0.0626 e. The highest BCUT2D eigenvalue weighted by Crippen LogP contribution is 2.52. The molecule has 20 rings (SSSR count). The number of aromatic nitrogens is 2. The largest absolute Gasteiger partial charge is 0.309 e. The zero-order valence-electron chi connectivity index (χ0n) is 48.5. The van der Waals surface area contributed by atoms with Gasteiger partial charge in [-0.05, 0) is 213 Å². The Morgan fingerprint density at radius 3 is 1.81 bits per heavy atom. The number of para-hydroxylation sites is 1. The zero-order valence-corrected chi connectivity index (χ0v) is 48.5. The Labute approximate surface area is 509 Å². The summed E-state index contributed by atoms with van der Waals surface area (Å²) >= 11 is 0. The van der Waals surface area contributed by atoms with E-state index in [9.17, 15) is 0 Å². The van der Waals surface area contributed by atoms with Gasteiger partial charge in [-0.25, -0.2) is 0 Å². The average Bonchev–Trinajstić information content (AvgIpc) is 1.51. The van der Waals surface area contributed by atoms with Crippen LogP contribution in [0.2, 0.25) is 0 Å². The summed E-state index contributed by atoms with van der Waals surface area (Å²) in [6.07, 6.45) is 20.4. The van der Waals surface area contributed by atoms with Crippen molar-refractivity contribution in [3.63, 3.8) is 0 Å². The second-order valence-corrected chi connectivity index (χ2v) is 25.0. The Morgan fingerprint density at radius 1 is 0.295 bits per heavy atom. The van der Waals surface area contributed by atoms with E-state index < -0.39 is 0 Å². The van der Waals surface area contributed by atoms with Gasteiger partial charge >= 0.3 is 0 Å². The lowest BCUT2D eigenvalue weighted by atomic mass is 9.87. The number of hydrogen-bond donors (Lipinski definition) is 0. The van der Waals surface area contributed by atoms with E-state index in [-0.39, 0.29) is 0 Å². The fourth-order valence-corrected chi connectivity index (χ4v) is 16.7. The second-order valence-electron chi connectivity index (χ2n) is 25.0. The monoisotopic (exact) mass is 1120 g/mol. The molecule has 0 N–H and O–H groups in total. The van der Waals surface area contributed by atoms with Crippen LogP contribution in [0.15, 0.2) is 249 Å². The molecule has 0 spiro atoms. The average molecular weight is 1120 g/mol. The standard InChI is InChI=1S/C86H56N2/c1-2-19-55-48-58(33-32-51(55)16-1)75-49-57(39-47-79(75)88-78-31-14-12-27-72(78)83-68-25-10-9-24-67(68)80-61-20-5-3-17-52(61)37-44-74(80)86(83)88)56-38-42-70-76(50-56)84-71-26-11-13-30-77(71)87(85(84)73-43-36-53-18-4-6-21-62(53)81(70)73)59-40-34-54(35-41-59)60-45-46-69-64-23-8-7-22-63(64)66-29-15-28-65(60)82(66)69/h1,4-10,12-16,18,20-25,27-50H,2-3,11,17,19,26H2. The van der Waals surface area contributed by atoms with Crippen LogP contribution in [0.4, 0.5) is 0 Å². The van der Waals surface area contributed by atoms with Crippen molar-refractivity contribution in [2.24, 2.45) is 0 Å². The van der Waals surface area contributed by atoms with E-state index in [4.69, 9.17) is 0 Å². The Hall–Kier alpha value is -10.8. The van der Waals surface area contributed by atoms with Gasteiger partial charge in [0.25, 0.3) is 0 Å². The lowest BCUT2D eigenvalue weighted by molar-refractivity contribution is 0.968. The minimum Gasteiger partial charge on any atom is -0.309 e. The Bertz CT molecular complexity index is 5880. The van der Waals surface area contributed by atoms with Crippen LogP contribution in [0.3, 0.4) is 0 Å². The van der Waals surface area contributed by atoms with Gasteiger partial charge in [0.15, 0.2) is 0 Å². The van der Waals surface area contributed by atoms with E-state index >= 15 is 0 Å². The van der Waals surface area contributed by atoms with Crippen molar-refractivity contribution in [1.29, 1.82) is 0 Å². The van der Waals surface area contributed by atoms with Crippen molar-refractivity contribution in [1.82, 2.24) is 9.13 Å². The summed E-state index contributed by atoms with van der Waals surface area (Å²) in [5.41, 5.74) is 27.1. The first-order chi connectivity index (χ1) is 43.7. The molecule has 4 aliphatic carbocycles. The van der Waals surface area contributed by atoms with E-state index in [1.54, 1.807) is 0 Å². The first kappa shape index (κ1) is 48.4. The van der Waals surface area contributed by atoms with Gasteiger partial charge in [0.2, 0.25) is 0 Å². The summed E-state index contributed by atoms with van der Waals surface area (Å²) in [7, 11) is 0. The number of rotatable bonds is 5. The highest BCUT2D eigenvalue weighted by atomic mass is 15.0. The van der Waals surface area contributed by atoms with E-state index in [1.807, 2.05) is 0 Å². The highest BCUT2D eigenvalue weighted by molar-refractivity contribution is 6.35. The molecule has 2 heteroatoms. The van der Waals surface area contributed by atoms with Gasteiger partial charge in [-0.3, -0.25) is 0 Å². The molecule has 2 heterocycles. The third-order valence-electron chi connectivity index (χ3n) is 20.6. The van der Waals surface area contributed by atoms with Crippen LogP contribution in [0.1, 0.15) is 52.8 Å². The summed E-state index contributed by atoms with van der Waals surface area (Å²) in [5, 5.41) is 19.6. The molecule has 0 atom stereocenters. The predicted octanol–water partition coefficient (Wildman–Crippen LogP) is 23.2. The summed E-state index contributed by atoms with van der Waals surface area (Å²) in [4.78, 5) is 0. The first-order valence-electron chi connectivity index (χ1n) is 31.6. The molecule has 0 unspecified atom stereocenters. The molecule has 0 radical (unpaired) electrons. The van der Waals surface area contributed by atoms with Gasteiger partial charge in [0.1, 0.15) is 0 Å². The molecule has 0 bridgehead atoms. The van der Waals surface area contributed by atoms with Crippen molar-refractivity contribution in [3.8, 4) is 67.0 Å². The topological polar surface area (TPSA) is 9.86 Å². The number of benzene rings is 14. The minimum absolute atomic E-state index is 0.975. The number of allylic oxidation sites excluding steroid dienone is 3. The number of fused-ring (bicyclic) bond motifs is 24. The van der Waals surface area contributed by atoms with Crippen LogP contribution in [-0.4, -0.2) is 9.13 Å². The van der Waals surface area contributed by atoms with Crippen molar-refractivity contribution in [2.75, 3.05) is 0 Å². The molecule has 16 aromatic rings. The molecule has 0 saturated heterocycles. The molecule has 0 saturated carbocycles. The summed E-state index contributed by atoms with van der Waals surface area (Å²) in [6, 6.07) is 88.7. The summed E-state index contributed by atoms with van der Waals surface area (Å²) in [5.74, 6) is 0. The fourth-order valence-electron chi connectivity index (χ4n) is 16.7. The van der Waals surface area contributed by atoms with Gasteiger partial charge < -0.3 is 9.13 Å². The van der Waals surface area contributed by atoms with Crippen LogP contribution in [0, 0.1) is 0 Å². The Kier molecular flexibility index (Phi) is 10.1. The Balaban J connectivity index is 0.824. The van der Waals surface area contributed by atoms with Crippen LogP contribution < -0.4 is 0 Å².